The molecule has 178 valence electrons. The summed E-state index contributed by atoms with van der Waals surface area (Å²) in [6.45, 7) is 4.33. The molecule has 2 aliphatic carbocycles. The molecule has 0 unspecified atom stereocenters. The SMILES string of the molecule is CS(=O)(=O)C1(CN2CCn3c(=O)c(C(=O)NC[C@H]4CC[C@H](C)CC4)cc4cccc2c43)CC1. The lowest BCUT2D eigenvalue weighted by Crippen LogP contribution is -2.44. The quantitative estimate of drug-likeness (QED) is 0.700. The molecule has 2 aromatic rings. The molecule has 0 atom stereocenters. The maximum atomic E-state index is 13.3. The first-order valence-electron chi connectivity index (χ1n) is 12.1. The predicted molar refractivity (Wildman–Crippen MR) is 131 cm³/mol. The van der Waals surface area contributed by atoms with Crippen LogP contribution in [0.25, 0.3) is 10.9 Å². The Kier molecular flexibility index (Phi) is 5.54. The first-order chi connectivity index (χ1) is 15.7. The number of amides is 1. The van der Waals surface area contributed by atoms with Crippen molar-refractivity contribution < 1.29 is 13.2 Å². The normalized spacial score (nSPS) is 24.0. The van der Waals surface area contributed by atoms with Crippen molar-refractivity contribution in [3.8, 4) is 0 Å². The van der Waals surface area contributed by atoms with Crippen molar-refractivity contribution >= 4 is 32.3 Å². The number of nitrogens with zero attached hydrogens (tertiary/aromatic N) is 2. The Bertz CT molecular complexity index is 1250. The minimum atomic E-state index is -3.15. The fourth-order valence-electron chi connectivity index (χ4n) is 5.56. The summed E-state index contributed by atoms with van der Waals surface area (Å²) in [6, 6.07) is 7.47. The van der Waals surface area contributed by atoms with E-state index in [1.807, 2.05) is 18.2 Å². The second-order valence-corrected chi connectivity index (χ2v) is 12.9. The third-order valence-electron chi connectivity index (χ3n) is 8.03. The number of carbonyl (C=O) groups excluding carboxylic acids is 1. The van der Waals surface area contributed by atoms with Crippen LogP contribution in [0.1, 0.15) is 55.8 Å². The van der Waals surface area contributed by atoms with Gasteiger partial charge < -0.3 is 14.8 Å². The molecule has 3 aliphatic rings. The van der Waals surface area contributed by atoms with Crippen molar-refractivity contribution in [2.24, 2.45) is 11.8 Å². The van der Waals surface area contributed by atoms with E-state index in [0.29, 0.717) is 44.9 Å². The average Bonchev–Trinajstić information content (AvgIpc) is 3.57. The third kappa shape index (κ3) is 4.07. The van der Waals surface area contributed by atoms with Crippen LogP contribution in [0.15, 0.2) is 29.1 Å². The number of nitrogens with one attached hydrogen (secondary N) is 1. The number of anilines is 1. The molecule has 2 heterocycles. The van der Waals surface area contributed by atoms with Crippen LogP contribution >= 0.6 is 0 Å². The molecule has 1 N–H and O–H groups in total. The molecule has 1 aromatic heterocycles. The van der Waals surface area contributed by atoms with Gasteiger partial charge in [0.1, 0.15) is 5.56 Å². The maximum Gasteiger partial charge on any atom is 0.264 e. The van der Waals surface area contributed by atoms with Crippen molar-refractivity contribution in [3.05, 3.63) is 40.2 Å². The van der Waals surface area contributed by atoms with Gasteiger partial charge in [0.25, 0.3) is 11.5 Å². The monoisotopic (exact) mass is 471 g/mol. The molecule has 0 spiro atoms. The van der Waals surface area contributed by atoms with Crippen molar-refractivity contribution in [3.63, 3.8) is 0 Å². The number of pyridine rings is 1. The van der Waals surface area contributed by atoms with Crippen molar-refractivity contribution in [2.45, 2.75) is 56.7 Å². The van der Waals surface area contributed by atoms with Gasteiger partial charge >= 0.3 is 0 Å². The Labute approximate surface area is 195 Å². The highest BCUT2D eigenvalue weighted by molar-refractivity contribution is 7.92. The van der Waals surface area contributed by atoms with Crippen LogP contribution in [0, 0.1) is 11.8 Å². The number of rotatable bonds is 6. The lowest BCUT2D eigenvalue weighted by atomic mass is 9.83. The summed E-state index contributed by atoms with van der Waals surface area (Å²) in [5, 5.41) is 3.84. The smallest absolute Gasteiger partial charge is 0.264 e. The zero-order valence-corrected chi connectivity index (χ0v) is 20.3. The van der Waals surface area contributed by atoms with Crippen molar-refractivity contribution in [1.82, 2.24) is 9.88 Å². The highest BCUT2D eigenvalue weighted by atomic mass is 32.2. The molecule has 2 fully saturated rings. The molecule has 8 heteroatoms. The van der Waals surface area contributed by atoms with E-state index in [1.165, 1.54) is 19.1 Å². The minimum Gasteiger partial charge on any atom is -0.366 e. The fraction of sp³-hybridized carbons (Fsp3) is 0.600. The van der Waals surface area contributed by atoms with Crippen LogP contribution in [0.5, 0.6) is 0 Å². The predicted octanol–water partition coefficient (Wildman–Crippen LogP) is 2.95. The van der Waals surface area contributed by atoms with E-state index in [2.05, 4.69) is 17.1 Å². The van der Waals surface area contributed by atoms with Gasteiger partial charge in [-0.05, 0) is 49.7 Å². The van der Waals surface area contributed by atoms with Gasteiger partial charge in [0.05, 0.1) is 16.0 Å². The first kappa shape index (κ1) is 22.4. The van der Waals surface area contributed by atoms with Gasteiger partial charge in [0.2, 0.25) is 0 Å². The van der Waals surface area contributed by atoms with Gasteiger partial charge in [-0.1, -0.05) is 31.9 Å². The van der Waals surface area contributed by atoms with E-state index in [4.69, 9.17) is 0 Å². The summed E-state index contributed by atoms with van der Waals surface area (Å²) in [4.78, 5) is 28.3. The molecule has 0 saturated heterocycles. The molecular formula is C25H33N3O4S. The van der Waals surface area contributed by atoms with Crippen LogP contribution < -0.4 is 15.8 Å². The average molecular weight is 472 g/mol. The molecule has 0 radical (unpaired) electrons. The van der Waals surface area contributed by atoms with Crippen LogP contribution in [0.2, 0.25) is 0 Å². The zero-order chi connectivity index (χ0) is 23.4. The van der Waals surface area contributed by atoms with Gasteiger partial charge in [-0.3, -0.25) is 9.59 Å². The summed E-state index contributed by atoms with van der Waals surface area (Å²) in [5.74, 6) is 0.943. The standard InChI is InChI=1S/C25H33N3O4S/c1-17-6-8-18(9-7-17)15-26-23(29)20-14-19-4-3-5-21-22(19)28(24(20)30)13-12-27(21)16-25(10-11-25)33(2,31)32/h3-5,14,17-18H,6-13,15-16H2,1-2H3,(H,26,29)/t17-,18-. The second kappa shape index (κ2) is 8.15. The number of aromatic nitrogens is 1. The molecule has 5 rings (SSSR count). The van der Waals surface area contributed by atoms with Crippen molar-refractivity contribution in [1.29, 1.82) is 0 Å². The second-order valence-electron chi connectivity index (χ2n) is 10.4. The lowest BCUT2D eigenvalue weighted by Gasteiger charge is -2.34. The third-order valence-corrected chi connectivity index (χ3v) is 10.1. The molecule has 1 amide bonds. The van der Waals surface area contributed by atoms with Gasteiger partial charge in [0, 0.05) is 37.8 Å². The Morgan fingerprint density at radius 2 is 1.88 bits per heavy atom. The Morgan fingerprint density at radius 3 is 2.55 bits per heavy atom. The number of carbonyl (C=O) groups is 1. The number of para-hydroxylation sites is 1. The highest BCUT2D eigenvalue weighted by Gasteiger charge is 2.53. The number of hydrogen-bond donors (Lipinski definition) is 1. The van der Waals surface area contributed by atoms with Gasteiger partial charge in [-0.25, -0.2) is 8.42 Å². The van der Waals surface area contributed by atoms with Gasteiger partial charge in [-0.2, -0.15) is 0 Å². The molecular weight excluding hydrogens is 438 g/mol. The van der Waals surface area contributed by atoms with Crippen LogP contribution in [0.3, 0.4) is 0 Å². The summed E-state index contributed by atoms with van der Waals surface area (Å²) in [7, 11) is -3.15. The van der Waals surface area contributed by atoms with Crippen LogP contribution in [-0.4, -0.2) is 49.5 Å². The topological polar surface area (TPSA) is 88.5 Å². The lowest BCUT2D eigenvalue weighted by molar-refractivity contribution is 0.0940. The van der Waals surface area contributed by atoms with Gasteiger partial charge in [0.15, 0.2) is 9.84 Å². The summed E-state index contributed by atoms with van der Waals surface area (Å²) < 4.78 is 25.7. The highest BCUT2D eigenvalue weighted by Crippen LogP contribution is 2.45. The zero-order valence-electron chi connectivity index (χ0n) is 19.5. The fourth-order valence-corrected chi connectivity index (χ4v) is 6.79. The van der Waals surface area contributed by atoms with Crippen LogP contribution in [0.4, 0.5) is 5.69 Å². The Morgan fingerprint density at radius 1 is 1.15 bits per heavy atom. The summed E-state index contributed by atoms with van der Waals surface area (Å²) in [5.41, 5.74) is 1.57. The van der Waals surface area contributed by atoms with E-state index in [9.17, 15) is 18.0 Å². The van der Waals surface area contributed by atoms with Crippen molar-refractivity contribution in [2.75, 3.05) is 30.8 Å². The Hall–Kier alpha value is -2.35. The van der Waals surface area contributed by atoms with Gasteiger partial charge in [-0.15, -0.1) is 0 Å². The summed E-state index contributed by atoms with van der Waals surface area (Å²) >= 11 is 0. The number of hydrogen-bond acceptors (Lipinski definition) is 5. The number of sulfone groups is 1. The summed E-state index contributed by atoms with van der Waals surface area (Å²) in [6.07, 6.45) is 7.33. The largest absolute Gasteiger partial charge is 0.366 e. The Balaban J connectivity index is 1.41. The molecule has 33 heavy (non-hydrogen) atoms. The van der Waals surface area contributed by atoms with E-state index < -0.39 is 14.6 Å². The van der Waals surface area contributed by atoms with E-state index in [0.717, 1.165) is 35.3 Å². The molecule has 2 saturated carbocycles. The van der Waals surface area contributed by atoms with E-state index in [-0.39, 0.29) is 17.0 Å². The number of benzene rings is 1. The van der Waals surface area contributed by atoms with Crippen LogP contribution in [-0.2, 0) is 16.4 Å². The molecule has 0 bridgehead atoms. The maximum absolute atomic E-state index is 13.3. The van der Waals surface area contributed by atoms with E-state index in [1.54, 1.807) is 10.6 Å². The molecule has 1 aromatic carbocycles. The molecule has 1 aliphatic heterocycles. The van der Waals surface area contributed by atoms with E-state index >= 15 is 0 Å². The molecule has 7 nitrogen and oxygen atoms in total. The minimum absolute atomic E-state index is 0.187. The first-order valence-corrected chi connectivity index (χ1v) is 14.0.